The fourth-order valence-electron chi connectivity index (χ4n) is 4.10. The van der Waals surface area contributed by atoms with Crippen LogP contribution in [-0.2, 0) is 0 Å². The maximum absolute atomic E-state index is 3.50. The van der Waals surface area contributed by atoms with Crippen molar-refractivity contribution in [2.75, 3.05) is 19.8 Å². The van der Waals surface area contributed by atoms with E-state index in [1.54, 1.807) is 0 Å². The lowest BCUT2D eigenvalue weighted by Gasteiger charge is -2.48. The summed E-state index contributed by atoms with van der Waals surface area (Å²) in [6.45, 7) is 1.37. The van der Waals surface area contributed by atoms with Crippen LogP contribution in [0.5, 0.6) is 0 Å². The van der Waals surface area contributed by atoms with Crippen molar-refractivity contribution in [2.45, 2.75) is 67.8 Å². The van der Waals surface area contributed by atoms with E-state index in [9.17, 15) is 0 Å². The van der Waals surface area contributed by atoms with Crippen LogP contribution in [0.15, 0.2) is 0 Å². The first-order valence-electron chi connectivity index (χ1n) is 7.24. The molecule has 98 valence electrons. The Hall–Kier alpha value is 0.270. The molecule has 1 saturated carbocycles. The number of nitrogens with one attached hydrogen (secondary N) is 1. The van der Waals surface area contributed by atoms with Crippen LogP contribution < -0.4 is 5.32 Å². The van der Waals surface area contributed by atoms with Gasteiger partial charge < -0.3 is 5.32 Å². The molecule has 0 amide bonds. The van der Waals surface area contributed by atoms with Crippen LogP contribution in [0.2, 0.25) is 0 Å². The van der Waals surface area contributed by atoms with Gasteiger partial charge in [0.1, 0.15) is 0 Å². The molecule has 2 saturated heterocycles. The average molecular weight is 254 g/mol. The molecule has 2 aliphatic heterocycles. The molecule has 0 radical (unpaired) electrons. The zero-order valence-corrected chi connectivity index (χ0v) is 12.1. The molecular formula is C14H26N2S. The fraction of sp³-hybridized carbons (Fsp3) is 1.00. The van der Waals surface area contributed by atoms with E-state index in [1.165, 1.54) is 51.5 Å². The number of rotatable bonds is 4. The van der Waals surface area contributed by atoms with Crippen LogP contribution >= 0.6 is 11.8 Å². The Balaban J connectivity index is 1.65. The second-order valence-electron chi connectivity index (χ2n) is 6.26. The van der Waals surface area contributed by atoms with Gasteiger partial charge in [0.2, 0.25) is 0 Å². The Kier molecular flexibility index (Phi) is 3.44. The third kappa shape index (κ3) is 2.15. The first kappa shape index (κ1) is 12.3. The van der Waals surface area contributed by atoms with Gasteiger partial charge in [-0.2, -0.15) is 11.8 Å². The summed E-state index contributed by atoms with van der Waals surface area (Å²) in [5.41, 5.74) is 0. The van der Waals surface area contributed by atoms with Gasteiger partial charge in [0.05, 0.1) is 0 Å². The molecule has 3 heteroatoms. The molecule has 0 aromatic carbocycles. The third-order valence-corrected chi connectivity index (χ3v) is 6.86. The molecule has 1 N–H and O–H groups in total. The maximum Gasteiger partial charge on any atom is 0.0284 e. The van der Waals surface area contributed by atoms with Crippen molar-refractivity contribution < 1.29 is 0 Å². The van der Waals surface area contributed by atoms with E-state index >= 15 is 0 Å². The normalized spacial score (nSPS) is 40.2. The standard InChI is InChI=1S/C14H26N2S/c1-15-11-8-12-4-5-13(9-11)16(12)10-14(17-2)6-3-7-14/h11-13,15H,3-10H2,1-2H3. The summed E-state index contributed by atoms with van der Waals surface area (Å²) in [6, 6.07) is 2.56. The summed E-state index contributed by atoms with van der Waals surface area (Å²) < 4.78 is 0.632. The van der Waals surface area contributed by atoms with Crippen molar-refractivity contribution in [3.63, 3.8) is 0 Å². The van der Waals surface area contributed by atoms with E-state index in [0.717, 1.165) is 18.1 Å². The number of nitrogens with zero attached hydrogens (tertiary/aromatic N) is 1. The van der Waals surface area contributed by atoms with Gasteiger partial charge in [-0.15, -0.1) is 0 Å². The van der Waals surface area contributed by atoms with Crippen molar-refractivity contribution in [1.82, 2.24) is 10.2 Å². The number of hydrogen-bond donors (Lipinski definition) is 1. The van der Waals surface area contributed by atoms with Crippen molar-refractivity contribution in [2.24, 2.45) is 0 Å². The van der Waals surface area contributed by atoms with Crippen molar-refractivity contribution >= 4 is 11.8 Å². The van der Waals surface area contributed by atoms with Gasteiger partial charge in [0.15, 0.2) is 0 Å². The van der Waals surface area contributed by atoms with E-state index < -0.39 is 0 Å². The summed E-state index contributed by atoms with van der Waals surface area (Å²) >= 11 is 2.13. The minimum absolute atomic E-state index is 0.632. The summed E-state index contributed by atoms with van der Waals surface area (Å²) in [5.74, 6) is 0. The van der Waals surface area contributed by atoms with Crippen molar-refractivity contribution in [1.29, 1.82) is 0 Å². The molecule has 0 aromatic rings. The van der Waals surface area contributed by atoms with Gasteiger partial charge in [-0.3, -0.25) is 4.90 Å². The van der Waals surface area contributed by atoms with Crippen LogP contribution in [0, 0.1) is 0 Å². The molecule has 0 spiro atoms. The second-order valence-corrected chi connectivity index (χ2v) is 7.53. The average Bonchev–Trinajstić information content (AvgIpc) is 2.54. The minimum atomic E-state index is 0.632. The highest BCUT2D eigenvalue weighted by atomic mass is 32.2. The Morgan fingerprint density at radius 1 is 1.24 bits per heavy atom. The molecule has 2 nitrogen and oxygen atoms in total. The van der Waals surface area contributed by atoms with Crippen LogP contribution in [0.4, 0.5) is 0 Å². The number of hydrogen-bond acceptors (Lipinski definition) is 3. The zero-order valence-electron chi connectivity index (χ0n) is 11.2. The lowest BCUT2D eigenvalue weighted by molar-refractivity contribution is 0.0915. The highest BCUT2D eigenvalue weighted by molar-refractivity contribution is 8.00. The molecule has 1 aliphatic carbocycles. The Labute approximate surface area is 110 Å². The summed E-state index contributed by atoms with van der Waals surface area (Å²) in [4.78, 5) is 2.88. The van der Waals surface area contributed by atoms with Gasteiger partial charge in [-0.25, -0.2) is 0 Å². The summed E-state index contributed by atoms with van der Waals surface area (Å²) in [6.07, 6.45) is 12.4. The SMILES string of the molecule is CNC1CC2CCC(C1)N2CC1(SC)CCC1. The van der Waals surface area contributed by atoms with Gasteiger partial charge in [-0.1, -0.05) is 6.42 Å². The first-order valence-corrected chi connectivity index (χ1v) is 8.47. The predicted molar refractivity (Wildman–Crippen MR) is 75.7 cm³/mol. The molecule has 2 atom stereocenters. The van der Waals surface area contributed by atoms with Gasteiger partial charge in [0.25, 0.3) is 0 Å². The van der Waals surface area contributed by atoms with Gasteiger partial charge in [-0.05, 0) is 51.8 Å². The molecule has 3 fully saturated rings. The monoisotopic (exact) mass is 254 g/mol. The topological polar surface area (TPSA) is 15.3 Å². The van der Waals surface area contributed by atoms with E-state index in [-0.39, 0.29) is 0 Å². The fourth-order valence-corrected chi connectivity index (χ4v) is 5.07. The lowest BCUT2D eigenvalue weighted by atomic mass is 9.82. The van der Waals surface area contributed by atoms with Crippen LogP contribution in [-0.4, -0.2) is 47.6 Å². The van der Waals surface area contributed by atoms with Crippen LogP contribution in [0.3, 0.4) is 0 Å². The van der Waals surface area contributed by atoms with E-state index in [2.05, 4.69) is 35.3 Å². The molecule has 3 aliphatic rings. The highest BCUT2D eigenvalue weighted by Gasteiger charge is 2.46. The maximum atomic E-state index is 3.50. The Bertz CT molecular complexity index is 258. The predicted octanol–water partition coefficient (Wildman–Crippen LogP) is 2.49. The van der Waals surface area contributed by atoms with Crippen LogP contribution in [0.25, 0.3) is 0 Å². The van der Waals surface area contributed by atoms with E-state index in [1.807, 2.05) is 0 Å². The number of fused-ring (bicyclic) bond motifs is 2. The van der Waals surface area contributed by atoms with Crippen molar-refractivity contribution in [3.8, 4) is 0 Å². The molecule has 2 bridgehead atoms. The van der Waals surface area contributed by atoms with Gasteiger partial charge >= 0.3 is 0 Å². The molecular weight excluding hydrogens is 228 g/mol. The third-order valence-electron chi connectivity index (χ3n) is 5.46. The second kappa shape index (κ2) is 4.75. The Morgan fingerprint density at radius 3 is 2.29 bits per heavy atom. The van der Waals surface area contributed by atoms with Crippen molar-refractivity contribution in [3.05, 3.63) is 0 Å². The smallest absolute Gasteiger partial charge is 0.0284 e. The largest absolute Gasteiger partial charge is 0.317 e. The first-order chi connectivity index (χ1) is 8.26. The molecule has 2 heterocycles. The summed E-state index contributed by atoms with van der Waals surface area (Å²) in [5, 5.41) is 3.50. The lowest BCUT2D eigenvalue weighted by Crippen LogP contribution is -2.54. The molecule has 0 aromatic heterocycles. The number of thioether (sulfide) groups is 1. The van der Waals surface area contributed by atoms with Crippen LogP contribution in [0.1, 0.15) is 44.9 Å². The number of piperidine rings is 1. The summed E-state index contributed by atoms with van der Waals surface area (Å²) in [7, 11) is 2.13. The molecule has 2 unspecified atom stereocenters. The molecule has 17 heavy (non-hydrogen) atoms. The van der Waals surface area contributed by atoms with E-state index in [0.29, 0.717) is 4.75 Å². The minimum Gasteiger partial charge on any atom is -0.317 e. The quantitative estimate of drug-likeness (QED) is 0.830. The Morgan fingerprint density at radius 2 is 1.88 bits per heavy atom. The van der Waals surface area contributed by atoms with E-state index in [4.69, 9.17) is 0 Å². The van der Waals surface area contributed by atoms with Gasteiger partial charge in [0, 0.05) is 29.4 Å². The highest BCUT2D eigenvalue weighted by Crippen LogP contribution is 2.46. The zero-order chi connectivity index (χ0) is 11.9. The molecule has 3 rings (SSSR count).